The van der Waals surface area contributed by atoms with E-state index in [-0.39, 0.29) is 0 Å². The Morgan fingerprint density at radius 3 is 2.86 bits per heavy atom. The second-order valence-corrected chi connectivity index (χ2v) is 6.15. The zero-order valence-corrected chi connectivity index (χ0v) is 12.7. The molecule has 4 nitrogen and oxygen atoms in total. The number of hydrogen-bond donors (Lipinski definition) is 1. The highest BCUT2D eigenvalue weighted by atomic mass is 15.5. The van der Waals surface area contributed by atoms with Crippen molar-refractivity contribution >= 4 is 0 Å². The summed E-state index contributed by atoms with van der Waals surface area (Å²) in [4.78, 5) is 1.70. The van der Waals surface area contributed by atoms with Crippen LogP contribution in [0.25, 0.3) is 5.69 Å². The SMILES string of the molecule is CC1CCCC(NCc2cnn(-c3ccccc3)n2)CC1. The van der Waals surface area contributed by atoms with Gasteiger partial charge in [0.05, 0.1) is 17.6 Å². The van der Waals surface area contributed by atoms with Crippen LogP contribution in [0.3, 0.4) is 0 Å². The number of nitrogens with one attached hydrogen (secondary N) is 1. The van der Waals surface area contributed by atoms with Gasteiger partial charge in [0, 0.05) is 12.6 Å². The number of hydrogen-bond acceptors (Lipinski definition) is 3. The van der Waals surface area contributed by atoms with Gasteiger partial charge in [-0.15, -0.1) is 0 Å². The average Bonchev–Trinajstić information content (AvgIpc) is 2.90. The summed E-state index contributed by atoms with van der Waals surface area (Å²) in [7, 11) is 0. The van der Waals surface area contributed by atoms with E-state index in [4.69, 9.17) is 0 Å². The molecule has 4 heteroatoms. The summed E-state index contributed by atoms with van der Waals surface area (Å²) >= 11 is 0. The number of benzene rings is 1. The molecule has 0 bridgehead atoms. The van der Waals surface area contributed by atoms with Crippen LogP contribution >= 0.6 is 0 Å². The van der Waals surface area contributed by atoms with Gasteiger partial charge < -0.3 is 5.32 Å². The molecule has 21 heavy (non-hydrogen) atoms. The van der Waals surface area contributed by atoms with Crippen molar-refractivity contribution in [2.75, 3.05) is 0 Å². The Bertz CT molecular complexity index is 549. The Kier molecular flexibility index (Phi) is 4.65. The maximum Gasteiger partial charge on any atom is 0.0969 e. The van der Waals surface area contributed by atoms with Crippen molar-refractivity contribution in [3.63, 3.8) is 0 Å². The van der Waals surface area contributed by atoms with Crippen molar-refractivity contribution in [3.05, 3.63) is 42.2 Å². The van der Waals surface area contributed by atoms with Gasteiger partial charge in [0.15, 0.2) is 0 Å². The second-order valence-electron chi connectivity index (χ2n) is 6.15. The molecule has 1 heterocycles. The lowest BCUT2D eigenvalue weighted by molar-refractivity contribution is 0.444. The highest BCUT2D eigenvalue weighted by molar-refractivity contribution is 5.28. The maximum absolute atomic E-state index is 4.55. The van der Waals surface area contributed by atoms with Crippen molar-refractivity contribution in [2.45, 2.75) is 51.6 Å². The van der Waals surface area contributed by atoms with Gasteiger partial charge in [0.25, 0.3) is 0 Å². The Morgan fingerprint density at radius 1 is 1.14 bits per heavy atom. The lowest BCUT2D eigenvalue weighted by Crippen LogP contribution is -2.28. The highest BCUT2D eigenvalue weighted by Crippen LogP contribution is 2.22. The third kappa shape index (κ3) is 3.91. The fourth-order valence-corrected chi connectivity index (χ4v) is 3.00. The molecule has 1 aromatic heterocycles. The van der Waals surface area contributed by atoms with Crippen LogP contribution in [0.1, 0.15) is 44.7 Å². The van der Waals surface area contributed by atoms with Gasteiger partial charge in [-0.2, -0.15) is 15.0 Å². The van der Waals surface area contributed by atoms with Crippen LogP contribution in [-0.2, 0) is 6.54 Å². The molecule has 112 valence electrons. The van der Waals surface area contributed by atoms with E-state index in [1.807, 2.05) is 36.5 Å². The fourth-order valence-electron chi connectivity index (χ4n) is 3.00. The highest BCUT2D eigenvalue weighted by Gasteiger charge is 2.16. The lowest BCUT2D eigenvalue weighted by atomic mass is 10.0. The molecule has 1 aromatic carbocycles. The van der Waals surface area contributed by atoms with Gasteiger partial charge >= 0.3 is 0 Å². The second kappa shape index (κ2) is 6.85. The number of rotatable bonds is 4. The van der Waals surface area contributed by atoms with E-state index in [1.54, 1.807) is 4.80 Å². The van der Waals surface area contributed by atoms with Crippen molar-refractivity contribution < 1.29 is 0 Å². The molecule has 1 aliphatic rings. The van der Waals surface area contributed by atoms with Gasteiger partial charge in [-0.1, -0.05) is 38.0 Å². The van der Waals surface area contributed by atoms with Crippen LogP contribution in [0, 0.1) is 5.92 Å². The Labute approximate surface area is 126 Å². The molecular formula is C17H24N4. The summed E-state index contributed by atoms with van der Waals surface area (Å²) in [6.45, 7) is 3.18. The molecule has 1 fully saturated rings. The zero-order valence-electron chi connectivity index (χ0n) is 12.7. The minimum absolute atomic E-state index is 0.636. The largest absolute Gasteiger partial charge is 0.308 e. The van der Waals surface area contributed by atoms with Crippen LogP contribution in [0.5, 0.6) is 0 Å². The monoisotopic (exact) mass is 284 g/mol. The molecule has 0 saturated heterocycles. The normalized spacial score (nSPS) is 22.9. The predicted octanol–water partition coefficient (Wildman–Crippen LogP) is 3.33. The molecule has 1 saturated carbocycles. The Balaban J connectivity index is 1.55. The van der Waals surface area contributed by atoms with Crippen LogP contribution in [0.2, 0.25) is 0 Å². The first-order valence-corrected chi connectivity index (χ1v) is 8.01. The molecule has 2 atom stereocenters. The van der Waals surface area contributed by atoms with Gasteiger partial charge in [-0.25, -0.2) is 0 Å². The first-order valence-electron chi connectivity index (χ1n) is 8.01. The van der Waals surface area contributed by atoms with E-state index in [9.17, 15) is 0 Å². The van der Waals surface area contributed by atoms with Gasteiger partial charge in [-0.3, -0.25) is 0 Å². The predicted molar refractivity (Wildman–Crippen MR) is 84.2 cm³/mol. The summed E-state index contributed by atoms with van der Waals surface area (Å²) in [6.07, 6.45) is 8.50. The minimum Gasteiger partial charge on any atom is -0.308 e. The molecule has 0 aliphatic heterocycles. The topological polar surface area (TPSA) is 42.7 Å². The molecular weight excluding hydrogens is 260 g/mol. The summed E-state index contributed by atoms with van der Waals surface area (Å²) in [5, 5.41) is 12.5. The van der Waals surface area contributed by atoms with Crippen molar-refractivity contribution in [1.29, 1.82) is 0 Å². The summed E-state index contributed by atoms with van der Waals surface area (Å²) in [5.74, 6) is 0.885. The Morgan fingerprint density at radius 2 is 2.00 bits per heavy atom. The van der Waals surface area contributed by atoms with Gasteiger partial charge in [0.2, 0.25) is 0 Å². The first-order chi connectivity index (χ1) is 10.3. The maximum atomic E-state index is 4.55. The van der Waals surface area contributed by atoms with E-state index in [0.29, 0.717) is 6.04 Å². The summed E-state index contributed by atoms with van der Waals surface area (Å²) < 4.78 is 0. The van der Waals surface area contributed by atoms with Crippen molar-refractivity contribution in [2.24, 2.45) is 5.92 Å². The van der Waals surface area contributed by atoms with E-state index < -0.39 is 0 Å². The van der Waals surface area contributed by atoms with Crippen molar-refractivity contribution in [3.8, 4) is 5.69 Å². The van der Waals surface area contributed by atoms with Gasteiger partial charge in [0.1, 0.15) is 0 Å². The summed E-state index contributed by atoms with van der Waals surface area (Å²) in [5.41, 5.74) is 2.02. The van der Waals surface area contributed by atoms with Gasteiger partial charge in [-0.05, 0) is 37.3 Å². The standard InChI is InChI=1S/C17H24N4/c1-14-6-5-7-15(11-10-14)18-12-16-13-19-21(20-16)17-8-3-2-4-9-17/h2-4,8-9,13-15,18H,5-7,10-12H2,1H3. The Hall–Kier alpha value is -1.68. The molecule has 0 spiro atoms. The van der Waals surface area contributed by atoms with Crippen LogP contribution in [0.4, 0.5) is 0 Å². The molecule has 0 amide bonds. The number of para-hydroxylation sites is 1. The molecule has 1 N–H and O–H groups in total. The van der Waals surface area contributed by atoms with E-state index in [0.717, 1.165) is 23.8 Å². The smallest absolute Gasteiger partial charge is 0.0969 e. The zero-order chi connectivity index (χ0) is 14.5. The molecule has 1 aliphatic carbocycles. The molecule has 2 unspecified atom stereocenters. The van der Waals surface area contributed by atoms with Crippen LogP contribution in [0.15, 0.2) is 36.5 Å². The third-order valence-corrected chi connectivity index (χ3v) is 4.36. The average molecular weight is 284 g/mol. The van der Waals surface area contributed by atoms with E-state index in [1.165, 1.54) is 32.1 Å². The molecule has 0 radical (unpaired) electrons. The lowest BCUT2D eigenvalue weighted by Gasteiger charge is -2.15. The van der Waals surface area contributed by atoms with E-state index >= 15 is 0 Å². The van der Waals surface area contributed by atoms with Crippen molar-refractivity contribution in [1.82, 2.24) is 20.3 Å². The number of aromatic nitrogens is 3. The third-order valence-electron chi connectivity index (χ3n) is 4.36. The van der Waals surface area contributed by atoms with Crippen LogP contribution in [-0.4, -0.2) is 21.0 Å². The fraction of sp³-hybridized carbons (Fsp3) is 0.529. The molecule has 3 rings (SSSR count). The number of nitrogens with zero attached hydrogens (tertiary/aromatic N) is 3. The molecule has 2 aromatic rings. The van der Waals surface area contributed by atoms with E-state index in [2.05, 4.69) is 22.4 Å². The quantitative estimate of drug-likeness (QED) is 0.876. The first kappa shape index (κ1) is 14.3. The minimum atomic E-state index is 0.636. The summed E-state index contributed by atoms with van der Waals surface area (Å²) in [6, 6.07) is 10.7. The van der Waals surface area contributed by atoms with Crippen LogP contribution < -0.4 is 5.32 Å².